The Morgan fingerprint density at radius 2 is 1.65 bits per heavy atom. The minimum absolute atomic E-state index is 0.0739. The van der Waals surface area contributed by atoms with Crippen LogP contribution in [0.15, 0.2) is 72.8 Å². The van der Waals surface area contributed by atoms with E-state index in [2.05, 4.69) is 6.92 Å². The molecule has 3 aromatic carbocycles. The SMILES string of the molecule is CCCCOc1ccc([C@@H]2[C@@H]3C(=O)N(c4ccccc4F)C(=O)[C@H]3ON2c2ccccc2)cc1OCC. The minimum atomic E-state index is -1.09. The summed E-state index contributed by atoms with van der Waals surface area (Å²) in [6.07, 6.45) is 0.830. The number of imide groups is 1. The number of rotatable bonds is 9. The standard InChI is InChI=1S/C29H29FN2O5/c1-3-5-17-36-23-16-15-19(18-24(23)35-4-2)26-25-27(37-32(26)20-11-7-6-8-12-20)29(34)31(28(25)33)22-14-10-9-13-21(22)30/h6-16,18,25-27H,3-5,17H2,1-2H3/t25-,26+,27-/m0/s1. The Morgan fingerprint density at radius 3 is 2.38 bits per heavy atom. The molecule has 37 heavy (non-hydrogen) atoms. The number of hydroxylamine groups is 1. The summed E-state index contributed by atoms with van der Waals surface area (Å²) in [5.41, 5.74) is 1.34. The fraction of sp³-hybridized carbons (Fsp3) is 0.310. The van der Waals surface area contributed by atoms with Crippen LogP contribution in [0.3, 0.4) is 0 Å². The molecule has 0 aromatic heterocycles. The van der Waals surface area contributed by atoms with E-state index in [1.807, 2.05) is 55.5 Å². The third-order valence-electron chi connectivity index (χ3n) is 6.58. The average molecular weight is 505 g/mol. The van der Waals surface area contributed by atoms with Gasteiger partial charge in [0.05, 0.1) is 30.6 Å². The first-order chi connectivity index (χ1) is 18.0. The molecule has 0 bridgehead atoms. The Bertz CT molecular complexity index is 1280. The highest BCUT2D eigenvalue weighted by Crippen LogP contribution is 2.49. The zero-order chi connectivity index (χ0) is 25.9. The monoisotopic (exact) mass is 504 g/mol. The third kappa shape index (κ3) is 4.53. The lowest BCUT2D eigenvalue weighted by Gasteiger charge is -2.29. The summed E-state index contributed by atoms with van der Waals surface area (Å²) in [4.78, 5) is 34.2. The van der Waals surface area contributed by atoms with E-state index < -0.39 is 35.7 Å². The van der Waals surface area contributed by atoms with Crippen LogP contribution >= 0.6 is 0 Å². The van der Waals surface area contributed by atoms with Crippen molar-refractivity contribution in [2.45, 2.75) is 38.8 Å². The van der Waals surface area contributed by atoms with Gasteiger partial charge in [0.25, 0.3) is 5.91 Å². The van der Waals surface area contributed by atoms with Crippen molar-refractivity contribution in [3.63, 3.8) is 0 Å². The van der Waals surface area contributed by atoms with Gasteiger partial charge < -0.3 is 9.47 Å². The maximum Gasteiger partial charge on any atom is 0.266 e. The van der Waals surface area contributed by atoms with Crippen molar-refractivity contribution in [3.05, 3.63) is 84.2 Å². The number of carbonyl (C=O) groups excluding carboxylic acids is 2. The molecule has 3 atom stereocenters. The summed E-state index contributed by atoms with van der Waals surface area (Å²) in [6, 6.07) is 19.9. The molecule has 2 saturated heterocycles. The van der Waals surface area contributed by atoms with E-state index in [1.54, 1.807) is 11.1 Å². The molecule has 2 aliphatic heterocycles. The first kappa shape index (κ1) is 24.8. The molecule has 0 aliphatic carbocycles. The number of halogens is 1. The number of amides is 2. The molecule has 0 spiro atoms. The number of nitrogens with zero attached hydrogens (tertiary/aromatic N) is 2. The number of para-hydroxylation sites is 2. The molecule has 0 radical (unpaired) electrons. The molecule has 5 rings (SSSR count). The van der Waals surface area contributed by atoms with Gasteiger partial charge in [-0.3, -0.25) is 14.4 Å². The van der Waals surface area contributed by atoms with Gasteiger partial charge in [-0.05, 0) is 55.3 Å². The Hall–Kier alpha value is -3.91. The highest BCUT2D eigenvalue weighted by atomic mass is 19.1. The maximum absolute atomic E-state index is 14.6. The van der Waals surface area contributed by atoms with Gasteiger partial charge >= 0.3 is 0 Å². The fourth-order valence-electron chi connectivity index (χ4n) is 4.85. The summed E-state index contributed by atoms with van der Waals surface area (Å²) < 4.78 is 26.4. The number of unbranched alkanes of at least 4 members (excludes halogenated alkanes) is 1. The van der Waals surface area contributed by atoms with E-state index in [4.69, 9.17) is 14.3 Å². The van der Waals surface area contributed by atoms with Gasteiger partial charge in [0.2, 0.25) is 5.91 Å². The highest BCUT2D eigenvalue weighted by Gasteiger charge is 2.60. The van der Waals surface area contributed by atoms with Crippen LogP contribution in [0, 0.1) is 11.7 Å². The van der Waals surface area contributed by atoms with E-state index >= 15 is 0 Å². The van der Waals surface area contributed by atoms with E-state index in [1.165, 1.54) is 18.2 Å². The predicted octanol–water partition coefficient (Wildman–Crippen LogP) is 5.45. The highest BCUT2D eigenvalue weighted by molar-refractivity contribution is 6.24. The lowest BCUT2D eigenvalue weighted by molar-refractivity contribution is -0.126. The Kier molecular flexibility index (Phi) is 7.10. The van der Waals surface area contributed by atoms with Crippen LogP contribution in [0.2, 0.25) is 0 Å². The summed E-state index contributed by atoms with van der Waals surface area (Å²) in [7, 11) is 0. The number of anilines is 2. The van der Waals surface area contributed by atoms with E-state index in [9.17, 15) is 14.0 Å². The fourth-order valence-corrected chi connectivity index (χ4v) is 4.85. The topological polar surface area (TPSA) is 68.3 Å². The van der Waals surface area contributed by atoms with E-state index in [-0.39, 0.29) is 5.69 Å². The van der Waals surface area contributed by atoms with Crippen molar-refractivity contribution in [1.82, 2.24) is 0 Å². The molecule has 7 nitrogen and oxygen atoms in total. The largest absolute Gasteiger partial charge is 0.490 e. The van der Waals surface area contributed by atoms with E-state index in [0.29, 0.717) is 30.4 Å². The van der Waals surface area contributed by atoms with Crippen molar-refractivity contribution < 1.29 is 28.3 Å². The lowest BCUT2D eigenvalue weighted by Crippen LogP contribution is -2.37. The van der Waals surface area contributed by atoms with Crippen LogP contribution in [-0.4, -0.2) is 31.1 Å². The quantitative estimate of drug-likeness (QED) is 0.285. The minimum Gasteiger partial charge on any atom is -0.490 e. The van der Waals surface area contributed by atoms with E-state index in [0.717, 1.165) is 23.3 Å². The van der Waals surface area contributed by atoms with Gasteiger partial charge in [0, 0.05) is 0 Å². The smallest absolute Gasteiger partial charge is 0.266 e. The molecule has 8 heteroatoms. The van der Waals surface area contributed by atoms with Crippen molar-refractivity contribution in [2.75, 3.05) is 23.2 Å². The molecule has 2 heterocycles. The van der Waals surface area contributed by atoms with Gasteiger partial charge in [-0.2, -0.15) is 0 Å². The second-order valence-electron chi connectivity index (χ2n) is 8.96. The molecule has 3 aromatic rings. The zero-order valence-corrected chi connectivity index (χ0v) is 20.8. The molecular weight excluding hydrogens is 475 g/mol. The van der Waals surface area contributed by atoms with Crippen LogP contribution in [-0.2, 0) is 14.4 Å². The number of ether oxygens (including phenoxy) is 2. The summed E-state index contributed by atoms with van der Waals surface area (Å²) in [5.74, 6) is -1.46. The van der Waals surface area contributed by atoms with Gasteiger partial charge in [-0.25, -0.2) is 14.4 Å². The van der Waals surface area contributed by atoms with Gasteiger partial charge in [0.1, 0.15) is 11.7 Å². The van der Waals surface area contributed by atoms with Crippen molar-refractivity contribution in [3.8, 4) is 11.5 Å². The van der Waals surface area contributed by atoms with Gasteiger partial charge in [0.15, 0.2) is 17.6 Å². The second-order valence-corrected chi connectivity index (χ2v) is 8.96. The molecule has 0 saturated carbocycles. The Balaban J connectivity index is 1.56. The van der Waals surface area contributed by atoms with Gasteiger partial charge in [-0.15, -0.1) is 0 Å². The van der Waals surface area contributed by atoms with Gasteiger partial charge in [-0.1, -0.05) is 49.7 Å². The van der Waals surface area contributed by atoms with Crippen LogP contribution in [0.25, 0.3) is 0 Å². The molecule has 0 N–H and O–H groups in total. The molecule has 2 fully saturated rings. The predicted molar refractivity (Wildman–Crippen MR) is 137 cm³/mol. The maximum atomic E-state index is 14.6. The normalized spacial score (nSPS) is 20.9. The Morgan fingerprint density at radius 1 is 0.892 bits per heavy atom. The second kappa shape index (κ2) is 10.6. The molecular formula is C29H29FN2O5. The molecule has 0 unspecified atom stereocenters. The first-order valence-electron chi connectivity index (χ1n) is 12.6. The molecule has 2 aliphatic rings. The summed E-state index contributed by atoms with van der Waals surface area (Å²) in [6.45, 7) is 4.98. The van der Waals surface area contributed by atoms with Crippen molar-refractivity contribution in [1.29, 1.82) is 0 Å². The van der Waals surface area contributed by atoms with Crippen LogP contribution in [0.1, 0.15) is 38.3 Å². The first-order valence-corrected chi connectivity index (χ1v) is 12.6. The third-order valence-corrected chi connectivity index (χ3v) is 6.58. The van der Waals surface area contributed by atoms with Crippen LogP contribution in [0.5, 0.6) is 11.5 Å². The number of hydrogen-bond acceptors (Lipinski definition) is 6. The average Bonchev–Trinajstić information content (AvgIpc) is 3.42. The zero-order valence-electron chi connectivity index (χ0n) is 20.8. The molecule has 192 valence electrons. The number of benzene rings is 3. The van der Waals surface area contributed by atoms with Crippen molar-refractivity contribution in [2.24, 2.45) is 5.92 Å². The van der Waals surface area contributed by atoms with Crippen LogP contribution < -0.4 is 19.4 Å². The molecule has 2 amide bonds. The summed E-state index contributed by atoms with van der Waals surface area (Å²) >= 11 is 0. The number of carbonyl (C=O) groups is 2. The van der Waals surface area contributed by atoms with Crippen molar-refractivity contribution >= 4 is 23.2 Å². The lowest BCUT2D eigenvalue weighted by atomic mass is 9.90. The summed E-state index contributed by atoms with van der Waals surface area (Å²) in [5, 5.41) is 1.60. The number of fused-ring (bicyclic) bond motifs is 1. The Labute approximate surface area is 215 Å². The van der Waals surface area contributed by atoms with Crippen LogP contribution in [0.4, 0.5) is 15.8 Å². The number of hydrogen-bond donors (Lipinski definition) is 0.